The van der Waals surface area contributed by atoms with Gasteiger partial charge in [0.15, 0.2) is 5.96 Å². The molecule has 1 aliphatic heterocycles. The first kappa shape index (κ1) is 20.6. The van der Waals surface area contributed by atoms with Crippen molar-refractivity contribution >= 4 is 29.9 Å². The molecule has 1 N–H and O–H groups in total. The molecule has 1 aliphatic rings. The Morgan fingerprint density at radius 3 is 2.10 bits per heavy atom. The van der Waals surface area contributed by atoms with E-state index in [0.717, 1.165) is 6.92 Å². The van der Waals surface area contributed by atoms with E-state index in [4.69, 9.17) is 0 Å². The summed E-state index contributed by atoms with van der Waals surface area (Å²) in [5.74, 6) is 0.296. The van der Waals surface area contributed by atoms with Gasteiger partial charge in [0.1, 0.15) is 6.04 Å². The maximum absolute atomic E-state index is 12.6. The Bertz CT molecular complexity index is 329. The maximum Gasteiger partial charge on any atom is 0.403 e. The number of alkyl halides is 5. The Hall–Kier alpha value is -0.390. The van der Waals surface area contributed by atoms with Crippen LogP contribution >= 0.6 is 24.0 Å². The zero-order valence-corrected chi connectivity index (χ0v) is 14.2. The third kappa shape index (κ3) is 6.49. The van der Waals surface area contributed by atoms with Gasteiger partial charge in [-0.1, -0.05) is 0 Å². The van der Waals surface area contributed by atoms with Gasteiger partial charge in [-0.3, -0.25) is 9.89 Å². The minimum Gasteiger partial charge on any atom is -0.351 e. The van der Waals surface area contributed by atoms with Gasteiger partial charge in [-0.2, -0.15) is 13.2 Å². The predicted molar refractivity (Wildman–Crippen MR) is 81.4 cm³/mol. The molecular formula is C11H20F5IN4. The summed E-state index contributed by atoms with van der Waals surface area (Å²) in [4.78, 5) is 6.87. The molecule has 1 atom stereocenters. The molecule has 0 aromatic rings. The summed E-state index contributed by atoms with van der Waals surface area (Å²) in [6.07, 6.45) is -6.75. The van der Waals surface area contributed by atoms with Gasteiger partial charge in [-0.25, -0.2) is 8.78 Å². The van der Waals surface area contributed by atoms with Gasteiger partial charge in [0.2, 0.25) is 0 Å². The largest absolute Gasteiger partial charge is 0.403 e. The van der Waals surface area contributed by atoms with Crippen molar-refractivity contribution in [3.63, 3.8) is 0 Å². The van der Waals surface area contributed by atoms with Crippen LogP contribution in [0.15, 0.2) is 4.99 Å². The van der Waals surface area contributed by atoms with E-state index in [1.165, 1.54) is 11.9 Å². The molecule has 0 aromatic heterocycles. The van der Waals surface area contributed by atoms with E-state index in [0.29, 0.717) is 19.0 Å². The lowest BCUT2D eigenvalue weighted by Crippen LogP contribution is -2.57. The molecule has 0 aliphatic carbocycles. The van der Waals surface area contributed by atoms with E-state index in [1.54, 1.807) is 4.90 Å². The minimum absolute atomic E-state index is 0. The van der Waals surface area contributed by atoms with Crippen molar-refractivity contribution in [2.75, 3.05) is 39.8 Å². The van der Waals surface area contributed by atoms with Crippen molar-refractivity contribution in [2.24, 2.45) is 4.99 Å². The van der Waals surface area contributed by atoms with Crippen molar-refractivity contribution in [1.29, 1.82) is 0 Å². The van der Waals surface area contributed by atoms with Crippen molar-refractivity contribution in [3.05, 3.63) is 0 Å². The summed E-state index contributed by atoms with van der Waals surface area (Å²) < 4.78 is 62.0. The minimum atomic E-state index is -4.25. The van der Waals surface area contributed by atoms with Crippen LogP contribution in [0.3, 0.4) is 0 Å². The average Bonchev–Trinajstić information content (AvgIpc) is 2.38. The molecule has 1 rings (SSSR count). The molecule has 126 valence electrons. The number of guanidine groups is 1. The highest BCUT2D eigenvalue weighted by Crippen LogP contribution is 2.25. The normalized spacial score (nSPS) is 19.4. The second-order valence-corrected chi connectivity index (χ2v) is 4.56. The van der Waals surface area contributed by atoms with Crippen LogP contribution in [-0.4, -0.2) is 74.2 Å². The quantitative estimate of drug-likeness (QED) is 0.322. The summed E-state index contributed by atoms with van der Waals surface area (Å²) >= 11 is 0. The van der Waals surface area contributed by atoms with E-state index in [2.05, 4.69) is 10.3 Å². The van der Waals surface area contributed by atoms with Gasteiger partial charge in [0, 0.05) is 33.2 Å². The molecule has 1 unspecified atom stereocenters. The standard InChI is InChI=1S/C11H19F5N4.HI/c1-8(11(14,15)16)19-3-5-20(6-4-19)10(17-2)18-7-9(12)13;/h8-9H,3-7H2,1-2H3,(H,17,18);1H. The van der Waals surface area contributed by atoms with E-state index in [1.807, 2.05) is 0 Å². The van der Waals surface area contributed by atoms with E-state index in [9.17, 15) is 22.0 Å². The highest BCUT2D eigenvalue weighted by atomic mass is 127. The average molecular weight is 430 g/mol. The molecule has 0 amide bonds. The molecule has 0 spiro atoms. The zero-order chi connectivity index (χ0) is 15.3. The first-order chi connectivity index (χ1) is 9.25. The third-order valence-corrected chi connectivity index (χ3v) is 3.26. The Morgan fingerprint density at radius 2 is 1.71 bits per heavy atom. The number of piperazine rings is 1. The number of aliphatic imine (C=N–C) groups is 1. The lowest BCUT2D eigenvalue weighted by Gasteiger charge is -2.39. The number of nitrogens with one attached hydrogen (secondary N) is 1. The summed E-state index contributed by atoms with van der Waals surface area (Å²) in [7, 11) is 1.46. The van der Waals surface area contributed by atoms with E-state index in [-0.39, 0.29) is 37.1 Å². The number of halogens is 6. The Kier molecular flexibility index (Phi) is 8.74. The molecule has 0 aromatic carbocycles. The van der Waals surface area contributed by atoms with E-state index < -0.39 is 25.2 Å². The molecule has 10 heteroatoms. The van der Waals surface area contributed by atoms with Gasteiger partial charge >= 0.3 is 6.18 Å². The Morgan fingerprint density at radius 1 is 1.19 bits per heavy atom. The molecule has 21 heavy (non-hydrogen) atoms. The number of hydrogen-bond acceptors (Lipinski definition) is 2. The monoisotopic (exact) mass is 430 g/mol. The van der Waals surface area contributed by atoms with Crippen molar-refractivity contribution in [1.82, 2.24) is 15.1 Å². The molecule has 0 saturated carbocycles. The van der Waals surface area contributed by atoms with E-state index >= 15 is 0 Å². The SMILES string of the molecule is CN=C(NCC(F)F)N1CCN(C(C)C(F)(F)F)CC1.I. The topological polar surface area (TPSA) is 30.9 Å². The van der Waals surface area contributed by atoms with Crippen LogP contribution in [0, 0.1) is 0 Å². The molecule has 0 radical (unpaired) electrons. The second-order valence-electron chi connectivity index (χ2n) is 4.56. The van der Waals surface area contributed by atoms with Crippen LogP contribution in [0.4, 0.5) is 22.0 Å². The molecule has 1 saturated heterocycles. The zero-order valence-electron chi connectivity index (χ0n) is 11.8. The first-order valence-corrected chi connectivity index (χ1v) is 6.30. The van der Waals surface area contributed by atoms with Gasteiger partial charge < -0.3 is 10.2 Å². The fraction of sp³-hybridized carbons (Fsp3) is 0.909. The Labute approximate surface area is 137 Å². The molecule has 1 heterocycles. The fourth-order valence-corrected chi connectivity index (χ4v) is 2.03. The van der Waals surface area contributed by atoms with Crippen LogP contribution in [0.5, 0.6) is 0 Å². The molecule has 0 bridgehead atoms. The van der Waals surface area contributed by atoms with Gasteiger partial charge in [-0.15, -0.1) is 24.0 Å². The van der Waals surface area contributed by atoms with Crippen molar-refractivity contribution in [2.45, 2.75) is 25.6 Å². The summed E-state index contributed by atoms with van der Waals surface area (Å²) in [6, 6.07) is -1.50. The van der Waals surface area contributed by atoms with Crippen LogP contribution < -0.4 is 5.32 Å². The Balaban J connectivity index is 0.00000400. The number of hydrogen-bond donors (Lipinski definition) is 1. The molecule has 1 fully saturated rings. The smallest absolute Gasteiger partial charge is 0.351 e. The molecular weight excluding hydrogens is 410 g/mol. The predicted octanol–water partition coefficient (Wildman–Crippen LogP) is 2.01. The van der Waals surface area contributed by atoms with Gasteiger partial charge in [0.25, 0.3) is 6.43 Å². The third-order valence-electron chi connectivity index (χ3n) is 3.26. The summed E-state index contributed by atoms with van der Waals surface area (Å²) in [6.45, 7) is 1.68. The van der Waals surface area contributed by atoms with Gasteiger partial charge in [-0.05, 0) is 6.92 Å². The van der Waals surface area contributed by atoms with Crippen molar-refractivity contribution < 1.29 is 22.0 Å². The lowest BCUT2D eigenvalue weighted by molar-refractivity contribution is -0.181. The first-order valence-electron chi connectivity index (χ1n) is 6.30. The second kappa shape index (κ2) is 8.91. The van der Waals surface area contributed by atoms with Crippen LogP contribution in [0.25, 0.3) is 0 Å². The molecule has 4 nitrogen and oxygen atoms in total. The van der Waals surface area contributed by atoms with Crippen LogP contribution in [0.1, 0.15) is 6.92 Å². The number of nitrogens with zero attached hydrogens (tertiary/aromatic N) is 3. The maximum atomic E-state index is 12.6. The lowest BCUT2D eigenvalue weighted by atomic mass is 10.2. The number of rotatable bonds is 3. The van der Waals surface area contributed by atoms with Gasteiger partial charge in [0.05, 0.1) is 6.54 Å². The van der Waals surface area contributed by atoms with Crippen molar-refractivity contribution in [3.8, 4) is 0 Å². The summed E-state index contributed by atoms with van der Waals surface area (Å²) in [5, 5.41) is 2.50. The van der Waals surface area contributed by atoms with Crippen LogP contribution in [-0.2, 0) is 0 Å². The highest BCUT2D eigenvalue weighted by Gasteiger charge is 2.41. The van der Waals surface area contributed by atoms with Crippen LogP contribution in [0.2, 0.25) is 0 Å². The fourth-order valence-electron chi connectivity index (χ4n) is 2.03. The highest BCUT2D eigenvalue weighted by molar-refractivity contribution is 14.0. The summed E-state index contributed by atoms with van der Waals surface area (Å²) in [5.41, 5.74) is 0.